The average molecular weight is 1360 g/mol. The van der Waals surface area contributed by atoms with Crippen molar-refractivity contribution < 1.29 is 0 Å². The number of nitrogens with one attached hydrogen (secondary N) is 2. The second kappa shape index (κ2) is 32.0. The summed E-state index contributed by atoms with van der Waals surface area (Å²) in [6, 6.07) is 112. The Balaban J connectivity index is 0.668. The molecule has 2 N–H and O–H groups in total. The zero-order valence-corrected chi connectivity index (χ0v) is 58.4. The molecule has 0 atom stereocenters. The maximum absolute atomic E-state index is 5.47. The average Bonchev–Trinajstić information content (AvgIpc) is 1.61. The van der Waals surface area contributed by atoms with Crippen LogP contribution in [0.5, 0.6) is 0 Å². The predicted molar refractivity (Wildman–Crippen MR) is 443 cm³/mol. The largest absolute Gasteiger partial charge is 0.354 e. The van der Waals surface area contributed by atoms with Crippen LogP contribution in [0.25, 0.3) is 67.6 Å². The highest BCUT2D eigenvalue weighted by atomic mass is 14.8. The van der Waals surface area contributed by atoms with Crippen molar-refractivity contribution in [2.45, 2.75) is 0 Å². The molecule has 0 fully saturated rings. The third-order valence-corrected chi connectivity index (χ3v) is 17.9. The Labute approximate surface area is 630 Å². The van der Waals surface area contributed by atoms with Crippen LogP contribution >= 0.6 is 0 Å². The summed E-state index contributed by atoms with van der Waals surface area (Å²) in [5.74, 6) is 59.5. The Morgan fingerprint density at radius 1 is 0.148 bits per heavy atom. The SMILES string of the molecule is C(#Cc1ccc(C#Cc2ccc(C#Cc3ccc(-c4c5nc(c(-c6ccc(C#Cc7ccc(C#Cc8ccc(C#Cc9ccccc9)cc8)cc7)cc6)c6ccc([nH]6)c(-c6ccc(C#Cc7ccc(C#Cc8ccc(C#Cc9ccccc9)cc8)cc7)cc6)c6ccc4[nH]6)C=C5)cc3)cc2)cc1)c1ccccc1. The molecule has 12 aromatic carbocycles. The van der Waals surface area contributed by atoms with Crippen LogP contribution in [0.3, 0.4) is 0 Å². The number of hydrogen-bond acceptors (Lipinski definition) is 1. The van der Waals surface area contributed by atoms with Crippen molar-refractivity contribution >= 4 is 34.2 Å². The molecule has 3 aromatic heterocycles. The lowest BCUT2D eigenvalue weighted by molar-refractivity contribution is 1.32. The molecule has 0 saturated carbocycles. The van der Waals surface area contributed by atoms with Gasteiger partial charge in [-0.05, 0) is 271 Å². The van der Waals surface area contributed by atoms with E-state index >= 15 is 0 Å². The number of aromatic amines is 2. The monoisotopic (exact) mass is 1360 g/mol. The van der Waals surface area contributed by atoms with Crippen LogP contribution in [0.1, 0.15) is 112 Å². The summed E-state index contributed by atoms with van der Waals surface area (Å²) in [6.45, 7) is 0. The Bertz CT molecular complexity index is 6330. The van der Waals surface area contributed by atoms with Gasteiger partial charge in [0.15, 0.2) is 0 Å². The summed E-state index contributed by atoms with van der Waals surface area (Å²) in [5.41, 5.74) is 27.9. The Morgan fingerprint density at radius 3 is 0.481 bits per heavy atom. The summed E-state index contributed by atoms with van der Waals surface area (Å²) in [6.07, 6.45) is 4.23. The van der Waals surface area contributed by atoms with Crippen molar-refractivity contribution in [2.24, 2.45) is 0 Å². The first-order chi connectivity index (χ1) is 53.4. The van der Waals surface area contributed by atoms with E-state index in [4.69, 9.17) is 4.98 Å². The molecule has 3 nitrogen and oxygen atoms in total. The molecule has 0 saturated heterocycles. The predicted octanol–water partition coefficient (Wildman–Crippen LogP) is 21.3. The van der Waals surface area contributed by atoms with Gasteiger partial charge in [0.1, 0.15) is 0 Å². The van der Waals surface area contributed by atoms with Gasteiger partial charge < -0.3 is 9.97 Å². The topological polar surface area (TPSA) is 44.5 Å². The number of nitrogens with zero attached hydrogens (tertiary/aromatic N) is 1. The number of hydrogen-bond donors (Lipinski definition) is 2. The van der Waals surface area contributed by atoms with Crippen LogP contribution in [0.2, 0.25) is 0 Å². The summed E-state index contributed by atoms with van der Waals surface area (Å²) in [5, 5.41) is 0. The molecule has 0 unspecified atom stereocenters. The molecule has 1 aliphatic rings. The summed E-state index contributed by atoms with van der Waals surface area (Å²) in [4.78, 5) is 13.2. The van der Waals surface area contributed by atoms with E-state index < -0.39 is 0 Å². The van der Waals surface area contributed by atoms with Gasteiger partial charge in [0, 0.05) is 139 Å². The first-order valence-corrected chi connectivity index (χ1v) is 35.3. The highest BCUT2D eigenvalue weighted by molar-refractivity contribution is 6.00. The Kier molecular flexibility index (Phi) is 19.7. The van der Waals surface area contributed by atoms with Gasteiger partial charge >= 0.3 is 0 Å². The van der Waals surface area contributed by atoms with Gasteiger partial charge in [0.05, 0.1) is 11.4 Å². The summed E-state index contributed by atoms with van der Waals surface area (Å²) in [7, 11) is 0. The van der Waals surface area contributed by atoms with Crippen molar-refractivity contribution in [1.29, 1.82) is 0 Å². The molecule has 4 heterocycles. The van der Waals surface area contributed by atoms with Gasteiger partial charge in [0.25, 0.3) is 0 Å². The maximum atomic E-state index is 5.47. The smallest absolute Gasteiger partial charge is 0.0737 e. The number of rotatable bonds is 3. The van der Waals surface area contributed by atoms with E-state index in [9.17, 15) is 0 Å². The van der Waals surface area contributed by atoms with Crippen LogP contribution < -0.4 is 0 Å². The van der Waals surface area contributed by atoms with E-state index in [1.165, 1.54) is 0 Å². The van der Waals surface area contributed by atoms with E-state index in [0.717, 1.165) is 167 Å². The second-order valence-electron chi connectivity index (χ2n) is 25.5. The number of benzene rings is 12. The molecule has 0 spiro atoms. The van der Waals surface area contributed by atoms with E-state index in [2.05, 4.69) is 226 Å². The molecule has 15 aromatic rings. The van der Waals surface area contributed by atoms with E-state index in [0.29, 0.717) is 0 Å². The molecule has 494 valence electrons. The van der Waals surface area contributed by atoms with E-state index in [-0.39, 0.29) is 0 Å². The number of aromatic nitrogens is 3. The molecule has 108 heavy (non-hydrogen) atoms. The zero-order valence-electron chi connectivity index (χ0n) is 58.4. The van der Waals surface area contributed by atoms with Crippen molar-refractivity contribution in [3.05, 3.63) is 445 Å². The molecular weight excluding hydrogens is 1300 g/mol. The minimum atomic E-state index is 0.827. The third-order valence-electron chi connectivity index (χ3n) is 17.9. The van der Waals surface area contributed by atoms with Crippen molar-refractivity contribution in [3.8, 4) is 140 Å². The minimum Gasteiger partial charge on any atom is -0.354 e. The van der Waals surface area contributed by atoms with Crippen LogP contribution in [0.4, 0.5) is 0 Å². The third kappa shape index (κ3) is 16.9. The molecular formula is C105H59N3. The van der Waals surface area contributed by atoms with Crippen molar-refractivity contribution in [1.82, 2.24) is 15.0 Å². The maximum Gasteiger partial charge on any atom is 0.0737 e. The lowest BCUT2D eigenvalue weighted by atomic mass is 10.0. The fourth-order valence-corrected chi connectivity index (χ4v) is 12.2. The fraction of sp³-hybridized carbons (Fsp3) is 0. The number of fused-ring (bicyclic) bond motifs is 6. The molecule has 3 heteroatoms. The number of H-pyrrole nitrogens is 2. The molecule has 6 bridgehead atoms. The van der Waals surface area contributed by atoms with E-state index in [1.54, 1.807) is 0 Å². The van der Waals surface area contributed by atoms with Gasteiger partial charge in [0.2, 0.25) is 0 Å². The molecule has 0 radical (unpaired) electrons. The molecule has 0 amide bonds. The highest BCUT2D eigenvalue weighted by Crippen LogP contribution is 2.38. The summed E-state index contributed by atoms with van der Waals surface area (Å²) < 4.78 is 0. The van der Waals surface area contributed by atoms with Crippen LogP contribution in [-0.4, -0.2) is 15.0 Å². The van der Waals surface area contributed by atoms with Gasteiger partial charge in [-0.25, -0.2) is 4.98 Å². The normalized spacial score (nSPS) is 10.3. The summed E-state index contributed by atoms with van der Waals surface area (Å²) >= 11 is 0. The van der Waals surface area contributed by atoms with Crippen LogP contribution in [-0.2, 0) is 0 Å². The fourth-order valence-electron chi connectivity index (χ4n) is 12.2. The van der Waals surface area contributed by atoms with E-state index in [1.807, 2.05) is 237 Å². The Morgan fingerprint density at radius 2 is 0.296 bits per heavy atom. The highest BCUT2D eigenvalue weighted by Gasteiger charge is 2.18. The van der Waals surface area contributed by atoms with Gasteiger partial charge in [-0.3, -0.25) is 0 Å². The van der Waals surface area contributed by atoms with Crippen LogP contribution in [0.15, 0.2) is 334 Å². The lowest BCUT2D eigenvalue weighted by Crippen LogP contribution is -1.89. The molecule has 16 rings (SSSR count). The lowest BCUT2D eigenvalue weighted by Gasteiger charge is -2.07. The van der Waals surface area contributed by atoms with Crippen molar-refractivity contribution in [3.63, 3.8) is 0 Å². The van der Waals surface area contributed by atoms with Gasteiger partial charge in [-0.15, -0.1) is 0 Å². The van der Waals surface area contributed by atoms with Crippen molar-refractivity contribution in [2.75, 3.05) is 0 Å². The minimum absolute atomic E-state index is 0.827. The van der Waals surface area contributed by atoms with Gasteiger partial charge in [-0.2, -0.15) is 0 Å². The Hall–Kier alpha value is -15.9. The second-order valence-corrected chi connectivity index (χ2v) is 25.5. The van der Waals surface area contributed by atoms with Crippen LogP contribution in [0, 0.1) is 107 Å². The zero-order chi connectivity index (χ0) is 72.5. The molecule has 1 aliphatic heterocycles. The quantitative estimate of drug-likeness (QED) is 0.170. The first kappa shape index (κ1) is 66.7. The standard InChI is InChI=1S/C105H59N3/c1-4-10-76(11-5-1)16-19-79-22-28-82(29-23-79)34-37-85-40-46-88(47-41-85)52-55-91-58-64-94(65-59-91)103-97-70-72-99(106-97)104(95-66-60-92(61-67-95)56-53-89-48-42-86(43-49-89)38-35-83-30-24-80(25-31-83)20-17-77-12-6-2-7-13-77)101-74-75-102(108-101)105(100-73-71-98(103)107-100)96-68-62-93(63-69-96)57-54-90-50-44-87(45-51-90)39-36-84-32-26-81(27-33-84)21-18-78-14-8-3-9-15-78/h1-15,22-33,40-51,58-75,106-107H. The molecule has 0 aliphatic carbocycles. The van der Waals surface area contributed by atoms with Gasteiger partial charge in [-0.1, -0.05) is 198 Å². The first-order valence-electron chi connectivity index (χ1n) is 35.3.